The fourth-order valence-corrected chi connectivity index (χ4v) is 3.42. The highest BCUT2D eigenvalue weighted by molar-refractivity contribution is 7.19. The van der Waals surface area contributed by atoms with Gasteiger partial charge in [-0.05, 0) is 37.5 Å². The van der Waals surface area contributed by atoms with E-state index in [9.17, 15) is 4.79 Å². The Morgan fingerprint density at radius 1 is 1.18 bits per heavy atom. The molecule has 3 aromatic rings. The molecular formula is C16H18N4OS. The molecule has 3 rings (SSSR count). The Labute approximate surface area is 133 Å². The van der Waals surface area contributed by atoms with Crippen LogP contribution >= 0.6 is 11.3 Å². The van der Waals surface area contributed by atoms with Crippen LogP contribution in [0, 0.1) is 13.8 Å². The van der Waals surface area contributed by atoms with Crippen molar-refractivity contribution in [1.82, 2.24) is 14.6 Å². The molecular weight excluding hydrogens is 296 g/mol. The summed E-state index contributed by atoms with van der Waals surface area (Å²) in [5.74, 6) is 1.17. The summed E-state index contributed by atoms with van der Waals surface area (Å²) in [7, 11) is 0. The van der Waals surface area contributed by atoms with Crippen LogP contribution in [0.2, 0.25) is 0 Å². The van der Waals surface area contributed by atoms with Gasteiger partial charge in [-0.3, -0.25) is 9.20 Å². The zero-order valence-corrected chi connectivity index (χ0v) is 13.9. The first-order valence-corrected chi connectivity index (χ1v) is 8.01. The van der Waals surface area contributed by atoms with Crippen LogP contribution in [0.1, 0.15) is 46.5 Å². The number of anilines is 1. The van der Waals surface area contributed by atoms with Gasteiger partial charge in [-0.1, -0.05) is 37.3 Å². The highest BCUT2D eigenvalue weighted by Gasteiger charge is 2.18. The third-order valence-corrected chi connectivity index (χ3v) is 4.83. The lowest BCUT2D eigenvalue weighted by Gasteiger charge is -2.08. The van der Waals surface area contributed by atoms with Crippen molar-refractivity contribution in [2.75, 3.05) is 5.32 Å². The number of amides is 1. The molecule has 0 fully saturated rings. The number of aryl methyl sites for hydroxylation is 2. The van der Waals surface area contributed by atoms with E-state index in [0.717, 1.165) is 22.2 Å². The van der Waals surface area contributed by atoms with Gasteiger partial charge < -0.3 is 5.32 Å². The quantitative estimate of drug-likeness (QED) is 0.800. The second-order valence-electron chi connectivity index (χ2n) is 5.61. The van der Waals surface area contributed by atoms with Crippen molar-refractivity contribution in [3.8, 4) is 0 Å². The highest BCUT2D eigenvalue weighted by Crippen LogP contribution is 2.24. The zero-order valence-electron chi connectivity index (χ0n) is 13.0. The molecule has 0 aliphatic rings. The minimum absolute atomic E-state index is 0.107. The predicted octanol–water partition coefficient (Wildman–Crippen LogP) is 3.78. The van der Waals surface area contributed by atoms with Gasteiger partial charge in [0, 0.05) is 11.4 Å². The minimum Gasteiger partial charge on any atom is -0.321 e. The van der Waals surface area contributed by atoms with Gasteiger partial charge in [-0.15, -0.1) is 10.2 Å². The molecule has 0 spiro atoms. The van der Waals surface area contributed by atoms with E-state index in [0.29, 0.717) is 10.8 Å². The molecule has 5 nitrogen and oxygen atoms in total. The number of nitrogens with zero attached hydrogens (tertiary/aromatic N) is 3. The van der Waals surface area contributed by atoms with E-state index in [-0.39, 0.29) is 5.91 Å². The van der Waals surface area contributed by atoms with Gasteiger partial charge in [0.25, 0.3) is 5.91 Å². The summed E-state index contributed by atoms with van der Waals surface area (Å²) >= 11 is 1.36. The molecule has 0 aliphatic carbocycles. The first-order chi connectivity index (χ1) is 10.5. The fourth-order valence-electron chi connectivity index (χ4n) is 2.41. The predicted molar refractivity (Wildman–Crippen MR) is 88.8 cm³/mol. The average molecular weight is 314 g/mol. The SMILES string of the molecule is Cc1nnc2sc(C(=O)Nc3ccc(C(C)C)cc3)c(C)n12. The van der Waals surface area contributed by atoms with Gasteiger partial charge in [0.2, 0.25) is 4.96 Å². The Morgan fingerprint density at radius 2 is 1.86 bits per heavy atom. The van der Waals surface area contributed by atoms with Crippen LogP contribution in [0.25, 0.3) is 4.96 Å². The molecule has 0 radical (unpaired) electrons. The van der Waals surface area contributed by atoms with E-state index in [1.54, 1.807) is 0 Å². The van der Waals surface area contributed by atoms with Crippen molar-refractivity contribution in [1.29, 1.82) is 0 Å². The molecule has 0 saturated heterocycles. The second-order valence-corrected chi connectivity index (χ2v) is 6.59. The molecule has 0 unspecified atom stereocenters. The molecule has 1 amide bonds. The molecule has 0 atom stereocenters. The third kappa shape index (κ3) is 2.50. The van der Waals surface area contributed by atoms with Crippen LogP contribution in [-0.4, -0.2) is 20.5 Å². The maximum Gasteiger partial charge on any atom is 0.267 e. The summed E-state index contributed by atoms with van der Waals surface area (Å²) in [6, 6.07) is 7.97. The number of fused-ring (bicyclic) bond motifs is 1. The van der Waals surface area contributed by atoms with Gasteiger partial charge in [0.1, 0.15) is 10.7 Å². The molecule has 1 N–H and O–H groups in total. The topological polar surface area (TPSA) is 59.3 Å². The van der Waals surface area contributed by atoms with E-state index in [2.05, 4.69) is 29.4 Å². The van der Waals surface area contributed by atoms with E-state index in [1.807, 2.05) is 42.5 Å². The molecule has 2 heterocycles. The minimum atomic E-state index is -0.107. The second kappa shape index (κ2) is 5.53. The Morgan fingerprint density at radius 3 is 2.45 bits per heavy atom. The van der Waals surface area contributed by atoms with Crippen LogP contribution in [0.3, 0.4) is 0 Å². The Kier molecular flexibility index (Phi) is 3.70. The molecule has 1 aromatic carbocycles. The van der Waals surface area contributed by atoms with Crippen molar-refractivity contribution < 1.29 is 4.79 Å². The average Bonchev–Trinajstić information content (AvgIpc) is 3.01. The summed E-state index contributed by atoms with van der Waals surface area (Å²) in [6.45, 7) is 8.09. The molecule has 6 heteroatoms. The Balaban J connectivity index is 1.85. The van der Waals surface area contributed by atoms with Gasteiger partial charge in [0.05, 0.1) is 0 Å². The number of hydrogen-bond acceptors (Lipinski definition) is 4. The normalized spacial score (nSPS) is 11.3. The number of rotatable bonds is 3. The number of hydrogen-bond donors (Lipinski definition) is 1. The summed E-state index contributed by atoms with van der Waals surface area (Å²) in [6.07, 6.45) is 0. The molecule has 0 saturated carbocycles. The van der Waals surface area contributed by atoms with Crippen molar-refractivity contribution in [3.63, 3.8) is 0 Å². The van der Waals surface area contributed by atoms with Crippen molar-refractivity contribution in [2.45, 2.75) is 33.6 Å². The Bertz CT molecular complexity index is 830. The lowest BCUT2D eigenvalue weighted by atomic mass is 10.0. The van der Waals surface area contributed by atoms with E-state index in [4.69, 9.17) is 0 Å². The number of nitrogens with one attached hydrogen (secondary N) is 1. The summed E-state index contributed by atoms with van der Waals surface area (Å²) < 4.78 is 1.90. The molecule has 114 valence electrons. The molecule has 0 bridgehead atoms. The third-order valence-electron chi connectivity index (χ3n) is 3.69. The van der Waals surface area contributed by atoms with Crippen LogP contribution in [0.4, 0.5) is 5.69 Å². The zero-order chi connectivity index (χ0) is 15.9. The van der Waals surface area contributed by atoms with Crippen molar-refractivity contribution in [3.05, 3.63) is 46.2 Å². The fraction of sp³-hybridized carbons (Fsp3) is 0.312. The van der Waals surface area contributed by atoms with Crippen molar-refractivity contribution >= 4 is 27.9 Å². The lowest BCUT2D eigenvalue weighted by Crippen LogP contribution is -2.12. The first-order valence-electron chi connectivity index (χ1n) is 7.20. The summed E-state index contributed by atoms with van der Waals surface area (Å²) in [5.41, 5.74) is 2.93. The maximum absolute atomic E-state index is 12.5. The van der Waals surface area contributed by atoms with Gasteiger partial charge in [-0.25, -0.2) is 0 Å². The van der Waals surface area contributed by atoms with Gasteiger partial charge >= 0.3 is 0 Å². The summed E-state index contributed by atoms with van der Waals surface area (Å²) in [5, 5.41) is 11.0. The first kappa shape index (κ1) is 14.7. The number of aromatic nitrogens is 3. The van der Waals surface area contributed by atoms with Gasteiger partial charge in [0.15, 0.2) is 0 Å². The van der Waals surface area contributed by atoms with Gasteiger partial charge in [-0.2, -0.15) is 0 Å². The highest BCUT2D eigenvalue weighted by atomic mass is 32.1. The molecule has 0 aliphatic heterocycles. The number of carbonyl (C=O) groups excluding carboxylic acids is 1. The Hall–Kier alpha value is -2.21. The van der Waals surface area contributed by atoms with E-state index in [1.165, 1.54) is 16.9 Å². The van der Waals surface area contributed by atoms with Crippen LogP contribution < -0.4 is 5.32 Å². The number of carbonyl (C=O) groups is 1. The van der Waals surface area contributed by atoms with Crippen LogP contribution in [-0.2, 0) is 0 Å². The largest absolute Gasteiger partial charge is 0.321 e. The lowest BCUT2D eigenvalue weighted by molar-refractivity contribution is 0.102. The molecule has 22 heavy (non-hydrogen) atoms. The van der Waals surface area contributed by atoms with Crippen molar-refractivity contribution in [2.24, 2.45) is 0 Å². The monoisotopic (exact) mass is 314 g/mol. The number of thiazole rings is 1. The van der Waals surface area contributed by atoms with E-state index < -0.39 is 0 Å². The summed E-state index contributed by atoms with van der Waals surface area (Å²) in [4.78, 5) is 13.9. The van der Waals surface area contributed by atoms with E-state index >= 15 is 0 Å². The van der Waals surface area contributed by atoms with Crippen LogP contribution in [0.15, 0.2) is 24.3 Å². The smallest absolute Gasteiger partial charge is 0.267 e. The number of benzene rings is 1. The van der Waals surface area contributed by atoms with Crippen LogP contribution in [0.5, 0.6) is 0 Å². The standard InChI is InChI=1S/C16H18N4OS/c1-9(2)12-5-7-13(8-6-12)17-15(21)14-10(3)20-11(4)18-19-16(20)22-14/h5-9H,1-4H3,(H,17,21). The molecule has 2 aromatic heterocycles. The maximum atomic E-state index is 12.5.